The number of hydrogen-bond donors (Lipinski definition) is 2. The van der Waals surface area contributed by atoms with Crippen LogP contribution in [-0.2, 0) is 7.05 Å². The van der Waals surface area contributed by atoms with Gasteiger partial charge in [-0.25, -0.2) is 9.18 Å². The summed E-state index contributed by atoms with van der Waals surface area (Å²) in [6.45, 7) is 0. The van der Waals surface area contributed by atoms with Gasteiger partial charge in [0, 0.05) is 11.9 Å². The molecule has 0 radical (unpaired) electrons. The van der Waals surface area contributed by atoms with Crippen LogP contribution in [0.1, 0.15) is 10.4 Å². The Kier molecular flexibility index (Phi) is 3.19. The van der Waals surface area contributed by atoms with Gasteiger partial charge in [-0.1, -0.05) is 0 Å². The maximum atomic E-state index is 13.2. The normalized spacial score (nSPS) is 10.6. The molecule has 0 unspecified atom stereocenters. The van der Waals surface area contributed by atoms with E-state index in [1.165, 1.54) is 12.4 Å². The van der Waals surface area contributed by atoms with Crippen molar-refractivity contribution in [3.8, 4) is 0 Å². The lowest BCUT2D eigenvalue weighted by molar-refractivity contribution is 0.0694. The summed E-state index contributed by atoms with van der Waals surface area (Å²) in [7, 11) is 1.72. The van der Waals surface area contributed by atoms with Crippen molar-refractivity contribution in [2.45, 2.75) is 10.1 Å². The first kappa shape index (κ1) is 12.4. The molecule has 1 aromatic carbocycles. The maximum absolute atomic E-state index is 13.2. The average Bonchev–Trinajstić information content (AvgIpc) is 2.69. The highest BCUT2D eigenvalue weighted by Gasteiger charge is 2.19. The number of benzene rings is 1. The summed E-state index contributed by atoms with van der Waals surface area (Å²) in [4.78, 5) is 11.4. The van der Waals surface area contributed by atoms with Crippen molar-refractivity contribution in [2.24, 2.45) is 7.05 Å². The summed E-state index contributed by atoms with van der Waals surface area (Å²) in [5, 5.41) is 17.0. The minimum absolute atomic E-state index is 0.261. The largest absolute Gasteiger partial charge is 0.478 e. The smallest absolute Gasteiger partial charge is 0.339 e. The molecule has 1 aromatic heterocycles. The molecule has 3 N–H and O–H groups in total. The van der Waals surface area contributed by atoms with Crippen molar-refractivity contribution in [3.63, 3.8) is 0 Å². The van der Waals surface area contributed by atoms with Gasteiger partial charge in [0.25, 0.3) is 0 Å². The first-order valence-corrected chi connectivity index (χ1v) is 5.65. The fraction of sp³-hybridized carbons (Fsp3) is 0.100. The van der Waals surface area contributed by atoms with E-state index in [9.17, 15) is 9.18 Å². The average molecular weight is 268 g/mol. The quantitative estimate of drug-likeness (QED) is 0.817. The third kappa shape index (κ3) is 2.14. The van der Waals surface area contributed by atoms with Crippen molar-refractivity contribution in [1.29, 1.82) is 0 Å². The van der Waals surface area contributed by atoms with Gasteiger partial charge in [0.2, 0.25) is 0 Å². The molecule has 0 aliphatic heterocycles. The monoisotopic (exact) mass is 268 g/mol. The number of nitrogen functional groups attached to an aromatic ring is 1. The number of carboxylic acid groups (broad SMARTS) is 1. The van der Waals surface area contributed by atoms with Crippen LogP contribution >= 0.6 is 11.8 Å². The number of hydrogen-bond acceptors (Lipinski definition) is 5. The zero-order valence-corrected chi connectivity index (χ0v) is 10.1. The Morgan fingerprint density at radius 1 is 1.56 bits per heavy atom. The lowest BCUT2D eigenvalue weighted by Crippen LogP contribution is -2.07. The highest BCUT2D eigenvalue weighted by atomic mass is 32.2. The highest BCUT2D eigenvalue weighted by molar-refractivity contribution is 7.99. The van der Waals surface area contributed by atoms with Gasteiger partial charge in [-0.3, -0.25) is 0 Å². The highest BCUT2D eigenvalue weighted by Crippen LogP contribution is 2.32. The second kappa shape index (κ2) is 4.65. The predicted molar refractivity (Wildman–Crippen MR) is 62.9 cm³/mol. The Bertz CT molecular complexity index is 614. The van der Waals surface area contributed by atoms with E-state index in [0.29, 0.717) is 10.1 Å². The number of carboxylic acids is 1. The first-order chi connectivity index (χ1) is 8.50. The van der Waals surface area contributed by atoms with Crippen LogP contribution < -0.4 is 5.73 Å². The number of aryl methyl sites for hydroxylation is 1. The molecular formula is C10H9FN4O2S. The third-order valence-electron chi connectivity index (χ3n) is 2.24. The molecule has 6 nitrogen and oxygen atoms in total. The van der Waals surface area contributed by atoms with Crippen LogP contribution in [-0.4, -0.2) is 25.8 Å². The first-order valence-electron chi connectivity index (χ1n) is 4.84. The molecule has 0 saturated heterocycles. The molecule has 0 fully saturated rings. The number of anilines is 1. The lowest BCUT2D eigenvalue weighted by Gasteiger charge is -2.08. The van der Waals surface area contributed by atoms with E-state index < -0.39 is 11.8 Å². The minimum Gasteiger partial charge on any atom is -0.478 e. The molecule has 2 rings (SSSR count). The van der Waals surface area contributed by atoms with Crippen LogP contribution in [0.4, 0.5) is 10.1 Å². The molecule has 2 aromatic rings. The van der Waals surface area contributed by atoms with E-state index >= 15 is 0 Å². The van der Waals surface area contributed by atoms with E-state index in [1.807, 2.05) is 0 Å². The molecule has 0 bridgehead atoms. The van der Waals surface area contributed by atoms with Gasteiger partial charge in [-0.2, -0.15) is 0 Å². The SMILES string of the molecule is Cn1cnnc1Sc1ccc(F)c(N)c1C(=O)O. The molecule has 8 heteroatoms. The lowest BCUT2D eigenvalue weighted by atomic mass is 10.2. The van der Waals surface area contributed by atoms with Gasteiger partial charge >= 0.3 is 5.97 Å². The van der Waals surface area contributed by atoms with Crippen LogP contribution in [0.15, 0.2) is 28.5 Å². The van der Waals surface area contributed by atoms with Crippen LogP contribution in [0.5, 0.6) is 0 Å². The maximum Gasteiger partial charge on any atom is 0.339 e. The molecule has 0 amide bonds. The Labute approximate surface area is 106 Å². The number of carbonyl (C=O) groups is 1. The summed E-state index contributed by atoms with van der Waals surface area (Å²) in [6, 6.07) is 2.48. The topological polar surface area (TPSA) is 94.0 Å². The number of aromatic nitrogens is 3. The molecule has 0 aliphatic rings. The fourth-order valence-corrected chi connectivity index (χ4v) is 2.25. The Morgan fingerprint density at radius 2 is 2.28 bits per heavy atom. The van der Waals surface area contributed by atoms with Gasteiger partial charge in [0.05, 0.1) is 11.3 Å². The van der Waals surface area contributed by atoms with Crippen LogP contribution in [0.25, 0.3) is 0 Å². The van der Waals surface area contributed by atoms with Crippen molar-refractivity contribution in [2.75, 3.05) is 5.73 Å². The summed E-state index contributed by atoms with van der Waals surface area (Å²) in [5.74, 6) is -2.04. The molecule has 0 aliphatic carbocycles. The zero-order valence-electron chi connectivity index (χ0n) is 9.29. The second-order valence-electron chi connectivity index (χ2n) is 3.47. The Morgan fingerprint density at radius 3 is 2.83 bits per heavy atom. The van der Waals surface area contributed by atoms with Crippen molar-refractivity contribution in [3.05, 3.63) is 29.8 Å². The molecule has 18 heavy (non-hydrogen) atoms. The number of aromatic carboxylic acids is 1. The minimum atomic E-state index is -1.28. The predicted octanol–water partition coefficient (Wildman–Crippen LogP) is 1.39. The van der Waals surface area contributed by atoms with Gasteiger partial charge in [-0.15, -0.1) is 10.2 Å². The standard InChI is InChI=1S/C10H9FN4O2S/c1-15-4-13-14-10(15)18-6-3-2-5(11)8(12)7(6)9(16)17/h2-4H,12H2,1H3,(H,16,17). The molecular weight excluding hydrogens is 259 g/mol. The molecule has 0 saturated carbocycles. The molecule has 0 spiro atoms. The number of nitrogens with two attached hydrogens (primary N) is 1. The Balaban J connectivity index is 2.48. The number of rotatable bonds is 3. The van der Waals surface area contributed by atoms with Gasteiger partial charge in [-0.05, 0) is 23.9 Å². The van der Waals surface area contributed by atoms with E-state index in [4.69, 9.17) is 10.8 Å². The van der Waals surface area contributed by atoms with E-state index in [-0.39, 0.29) is 11.3 Å². The van der Waals surface area contributed by atoms with Crippen LogP contribution in [0.2, 0.25) is 0 Å². The number of nitrogens with zero attached hydrogens (tertiary/aromatic N) is 3. The van der Waals surface area contributed by atoms with Gasteiger partial charge in [0.15, 0.2) is 5.16 Å². The van der Waals surface area contributed by atoms with Crippen LogP contribution in [0.3, 0.4) is 0 Å². The van der Waals surface area contributed by atoms with E-state index in [1.54, 1.807) is 11.6 Å². The summed E-state index contributed by atoms with van der Waals surface area (Å²) < 4.78 is 14.9. The van der Waals surface area contributed by atoms with Crippen molar-refractivity contribution >= 4 is 23.4 Å². The third-order valence-corrected chi connectivity index (χ3v) is 3.35. The fourth-order valence-electron chi connectivity index (χ4n) is 1.34. The second-order valence-corrected chi connectivity index (χ2v) is 4.47. The molecule has 0 atom stereocenters. The summed E-state index contributed by atoms with van der Waals surface area (Å²) in [6.07, 6.45) is 1.48. The molecule has 1 heterocycles. The van der Waals surface area contributed by atoms with Crippen molar-refractivity contribution in [1.82, 2.24) is 14.8 Å². The summed E-state index contributed by atoms with van der Waals surface area (Å²) in [5.41, 5.74) is 4.80. The van der Waals surface area contributed by atoms with Crippen molar-refractivity contribution < 1.29 is 14.3 Å². The summed E-state index contributed by atoms with van der Waals surface area (Å²) >= 11 is 1.06. The molecule has 94 valence electrons. The van der Waals surface area contributed by atoms with E-state index in [2.05, 4.69) is 10.2 Å². The van der Waals surface area contributed by atoms with Gasteiger partial charge in [0.1, 0.15) is 12.1 Å². The zero-order chi connectivity index (χ0) is 13.3. The number of halogens is 1. The van der Waals surface area contributed by atoms with Crippen LogP contribution in [0, 0.1) is 5.82 Å². The van der Waals surface area contributed by atoms with Gasteiger partial charge < -0.3 is 15.4 Å². The Hall–Kier alpha value is -2.09. The van der Waals surface area contributed by atoms with E-state index in [0.717, 1.165) is 17.8 Å².